The summed E-state index contributed by atoms with van der Waals surface area (Å²) in [5, 5.41) is 8.19. The van der Waals surface area contributed by atoms with Gasteiger partial charge in [0.05, 0.1) is 10.6 Å². The van der Waals surface area contributed by atoms with Gasteiger partial charge in [0.1, 0.15) is 5.69 Å². The first-order chi connectivity index (χ1) is 6.45. The van der Waals surface area contributed by atoms with E-state index in [1.165, 1.54) is 0 Å². The van der Waals surface area contributed by atoms with Crippen LogP contribution in [0.4, 0.5) is 8.78 Å². The maximum atomic E-state index is 12.3. The van der Waals surface area contributed by atoms with Crippen LogP contribution in [0, 0.1) is 3.57 Å². The molecule has 0 unspecified atom stereocenters. The zero-order valence-corrected chi connectivity index (χ0v) is 9.38. The molecule has 0 aliphatic rings. The molecular weight excluding hydrogens is 330 g/mol. The van der Waals surface area contributed by atoms with Gasteiger partial charge in [-0.05, 0) is 22.6 Å². The number of rotatable bonds is 2. The Labute approximate surface area is 96.2 Å². The fourth-order valence-corrected chi connectivity index (χ4v) is 1.94. The second kappa shape index (κ2) is 4.35. The molecule has 0 fully saturated rings. The monoisotopic (exact) mass is 333 g/mol. The van der Waals surface area contributed by atoms with Crippen molar-refractivity contribution in [1.82, 2.24) is 4.98 Å². The van der Waals surface area contributed by atoms with Crippen molar-refractivity contribution in [2.75, 3.05) is 0 Å². The molecule has 0 aliphatic carbocycles. The van der Waals surface area contributed by atoms with Gasteiger partial charge in [-0.3, -0.25) is 4.98 Å². The van der Waals surface area contributed by atoms with Crippen LogP contribution in [0.25, 0.3) is 0 Å². The largest absolute Gasteiger partial charge is 0.478 e. The van der Waals surface area contributed by atoms with Gasteiger partial charge in [-0.25, -0.2) is 13.6 Å². The van der Waals surface area contributed by atoms with Gasteiger partial charge in [-0.15, -0.1) is 0 Å². The summed E-state index contributed by atoms with van der Waals surface area (Å²) in [5.74, 6) is -1.34. The molecule has 0 amide bonds. The SMILES string of the molecule is O=C(O)c1c(I)cnc(C(F)F)c1Cl. The van der Waals surface area contributed by atoms with E-state index in [4.69, 9.17) is 16.7 Å². The first kappa shape index (κ1) is 11.6. The maximum absolute atomic E-state index is 12.3. The molecule has 0 saturated heterocycles. The Morgan fingerprint density at radius 3 is 2.64 bits per heavy atom. The standard InChI is InChI=1S/C7H3ClF2INO2/c8-4-3(7(13)14)2(11)1-12-5(4)6(9)10/h1,6H,(H,13,14). The number of hydrogen-bond donors (Lipinski definition) is 1. The molecule has 1 aromatic rings. The number of aromatic carboxylic acids is 1. The molecule has 76 valence electrons. The Kier molecular flexibility index (Phi) is 3.59. The van der Waals surface area contributed by atoms with Crippen molar-refractivity contribution in [2.45, 2.75) is 6.43 Å². The highest BCUT2D eigenvalue weighted by Gasteiger charge is 2.22. The molecule has 1 heterocycles. The number of aromatic nitrogens is 1. The summed E-state index contributed by atoms with van der Waals surface area (Å²) in [6.07, 6.45) is -1.82. The van der Waals surface area contributed by atoms with Gasteiger partial charge >= 0.3 is 5.97 Å². The van der Waals surface area contributed by atoms with Crippen molar-refractivity contribution in [3.8, 4) is 0 Å². The van der Waals surface area contributed by atoms with Crippen LogP contribution >= 0.6 is 34.2 Å². The minimum Gasteiger partial charge on any atom is -0.478 e. The van der Waals surface area contributed by atoms with E-state index in [-0.39, 0.29) is 9.13 Å². The van der Waals surface area contributed by atoms with Crippen molar-refractivity contribution in [2.24, 2.45) is 0 Å². The highest BCUT2D eigenvalue weighted by Crippen LogP contribution is 2.30. The quantitative estimate of drug-likeness (QED) is 0.847. The Hall–Kier alpha value is -0.500. The number of hydrogen-bond acceptors (Lipinski definition) is 2. The highest BCUT2D eigenvalue weighted by molar-refractivity contribution is 14.1. The van der Waals surface area contributed by atoms with Crippen molar-refractivity contribution >= 4 is 40.2 Å². The Balaban J connectivity index is 3.41. The summed E-state index contributed by atoms with van der Waals surface area (Å²) in [5.41, 5.74) is -1.04. The van der Waals surface area contributed by atoms with Crippen LogP contribution in [-0.2, 0) is 0 Å². The van der Waals surface area contributed by atoms with Crippen molar-refractivity contribution < 1.29 is 18.7 Å². The average molecular weight is 333 g/mol. The van der Waals surface area contributed by atoms with Crippen LogP contribution in [0.1, 0.15) is 22.5 Å². The van der Waals surface area contributed by atoms with E-state index in [0.29, 0.717) is 0 Å². The smallest absolute Gasteiger partial charge is 0.338 e. The Bertz CT molecular complexity index is 386. The van der Waals surface area contributed by atoms with Gasteiger partial charge in [-0.2, -0.15) is 0 Å². The Morgan fingerprint density at radius 2 is 2.21 bits per heavy atom. The Morgan fingerprint density at radius 1 is 1.64 bits per heavy atom. The minimum absolute atomic E-state index is 0.226. The van der Waals surface area contributed by atoms with Gasteiger partial charge in [0.2, 0.25) is 0 Å². The fourth-order valence-electron chi connectivity index (χ4n) is 0.829. The number of pyridine rings is 1. The van der Waals surface area contributed by atoms with Gasteiger partial charge < -0.3 is 5.11 Å². The number of carboxylic acids is 1. The summed E-state index contributed by atoms with van der Waals surface area (Å²) in [4.78, 5) is 14.0. The molecule has 1 aromatic heterocycles. The van der Waals surface area contributed by atoms with Crippen molar-refractivity contribution in [1.29, 1.82) is 0 Å². The van der Waals surface area contributed by atoms with E-state index in [2.05, 4.69) is 4.98 Å². The lowest BCUT2D eigenvalue weighted by Gasteiger charge is -2.06. The van der Waals surface area contributed by atoms with Crippen LogP contribution < -0.4 is 0 Å². The topological polar surface area (TPSA) is 50.2 Å². The molecule has 1 rings (SSSR count). The second-order valence-electron chi connectivity index (χ2n) is 2.29. The molecule has 0 spiro atoms. The number of carbonyl (C=O) groups is 1. The number of halogens is 4. The summed E-state index contributed by atoms with van der Waals surface area (Å²) in [6, 6.07) is 0. The van der Waals surface area contributed by atoms with Crippen LogP contribution in [0.5, 0.6) is 0 Å². The maximum Gasteiger partial charge on any atom is 0.338 e. The van der Waals surface area contributed by atoms with Crippen molar-refractivity contribution in [3.63, 3.8) is 0 Å². The van der Waals surface area contributed by atoms with E-state index >= 15 is 0 Å². The van der Waals surface area contributed by atoms with E-state index in [0.717, 1.165) is 6.20 Å². The fraction of sp³-hybridized carbons (Fsp3) is 0.143. The molecule has 14 heavy (non-hydrogen) atoms. The molecule has 0 atom stereocenters. The minimum atomic E-state index is -2.88. The van der Waals surface area contributed by atoms with Crippen molar-refractivity contribution in [3.05, 3.63) is 26.0 Å². The van der Waals surface area contributed by atoms with Gasteiger partial charge in [0.25, 0.3) is 6.43 Å². The lowest BCUT2D eigenvalue weighted by molar-refractivity contribution is 0.0695. The van der Waals surface area contributed by atoms with Crippen LogP contribution in [0.2, 0.25) is 5.02 Å². The molecule has 3 nitrogen and oxygen atoms in total. The summed E-state index contributed by atoms with van der Waals surface area (Å²) in [6.45, 7) is 0. The normalized spacial score (nSPS) is 10.6. The van der Waals surface area contributed by atoms with Crippen LogP contribution in [0.3, 0.4) is 0 Å². The van der Waals surface area contributed by atoms with Crippen LogP contribution in [0.15, 0.2) is 6.20 Å². The molecule has 0 aromatic carbocycles. The lowest BCUT2D eigenvalue weighted by Crippen LogP contribution is -2.05. The van der Waals surface area contributed by atoms with Gasteiger partial charge in [0.15, 0.2) is 0 Å². The third-order valence-electron chi connectivity index (χ3n) is 1.42. The molecule has 0 aliphatic heterocycles. The third-order valence-corrected chi connectivity index (χ3v) is 2.62. The molecule has 0 radical (unpaired) electrons. The zero-order chi connectivity index (χ0) is 10.9. The predicted octanol–water partition coefficient (Wildman–Crippen LogP) is 2.98. The van der Waals surface area contributed by atoms with Crippen LogP contribution in [-0.4, -0.2) is 16.1 Å². The lowest BCUT2D eigenvalue weighted by atomic mass is 10.2. The van der Waals surface area contributed by atoms with Gasteiger partial charge in [-0.1, -0.05) is 11.6 Å². The first-order valence-electron chi connectivity index (χ1n) is 3.30. The first-order valence-corrected chi connectivity index (χ1v) is 4.76. The summed E-state index contributed by atoms with van der Waals surface area (Å²) < 4.78 is 24.7. The number of alkyl halides is 2. The van der Waals surface area contributed by atoms with E-state index < -0.39 is 23.1 Å². The second-order valence-corrected chi connectivity index (χ2v) is 3.83. The van der Waals surface area contributed by atoms with E-state index in [1.807, 2.05) is 0 Å². The molecular formula is C7H3ClF2INO2. The van der Waals surface area contributed by atoms with E-state index in [9.17, 15) is 13.6 Å². The third kappa shape index (κ3) is 2.11. The summed E-state index contributed by atoms with van der Waals surface area (Å²) in [7, 11) is 0. The number of nitrogens with zero attached hydrogens (tertiary/aromatic N) is 1. The van der Waals surface area contributed by atoms with Gasteiger partial charge in [0, 0.05) is 9.77 Å². The molecule has 0 bridgehead atoms. The molecule has 0 saturated carbocycles. The molecule has 7 heteroatoms. The average Bonchev–Trinajstić information content (AvgIpc) is 2.02. The predicted molar refractivity (Wildman–Crippen MR) is 53.9 cm³/mol. The zero-order valence-electron chi connectivity index (χ0n) is 6.47. The molecule has 1 N–H and O–H groups in total. The van der Waals surface area contributed by atoms with E-state index in [1.54, 1.807) is 22.6 Å². The summed E-state index contributed by atoms with van der Waals surface area (Å²) >= 11 is 7.14. The number of carboxylic acid groups (broad SMARTS) is 1. The highest BCUT2D eigenvalue weighted by atomic mass is 127.